The number of nitrogens with zero attached hydrogens (tertiary/aromatic N) is 2. The van der Waals surface area contributed by atoms with Crippen LogP contribution in [0.4, 0.5) is 11.4 Å². The standard InChI is InChI=1S/C23H27N3O5S2/c1-2-31-18-7-5-17(6-8-18)24-22(27)16-26-20-15-19(33(29,30)25-12-3-4-13-25)9-10-21(20)32-14-11-23(26)28/h5-10,15H,2-4,11-14,16H2,1H3,(H,24,27). The summed E-state index contributed by atoms with van der Waals surface area (Å²) in [6.07, 6.45) is 1.95. The van der Waals surface area contributed by atoms with E-state index in [0.717, 1.165) is 17.7 Å². The number of amides is 2. The van der Waals surface area contributed by atoms with Crippen molar-refractivity contribution in [2.75, 3.05) is 42.2 Å². The van der Waals surface area contributed by atoms with E-state index in [-0.39, 0.29) is 29.7 Å². The monoisotopic (exact) mass is 489 g/mol. The predicted octanol–water partition coefficient (Wildman–Crippen LogP) is 3.34. The minimum atomic E-state index is -3.64. The van der Waals surface area contributed by atoms with E-state index < -0.39 is 10.0 Å². The first kappa shape index (κ1) is 23.6. The molecule has 33 heavy (non-hydrogen) atoms. The minimum Gasteiger partial charge on any atom is -0.494 e. The quantitative estimate of drug-likeness (QED) is 0.641. The van der Waals surface area contributed by atoms with E-state index in [1.54, 1.807) is 36.4 Å². The van der Waals surface area contributed by atoms with E-state index in [2.05, 4.69) is 5.32 Å². The Balaban J connectivity index is 1.56. The van der Waals surface area contributed by atoms with E-state index in [1.807, 2.05) is 6.92 Å². The van der Waals surface area contributed by atoms with Crippen LogP contribution in [0.5, 0.6) is 5.75 Å². The van der Waals surface area contributed by atoms with Gasteiger partial charge < -0.3 is 15.0 Å². The van der Waals surface area contributed by atoms with Crippen LogP contribution in [0, 0.1) is 0 Å². The maximum Gasteiger partial charge on any atom is 0.244 e. The van der Waals surface area contributed by atoms with E-state index >= 15 is 0 Å². The number of carbonyl (C=O) groups excluding carboxylic acids is 2. The van der Waals surface area contributed by atoms with E-state index in [4.69, 9.17) is 4.74 Å². The van der Waals surface area contributed by atoms with Gasteiger partial charge in [0.25, 0.3) is 0 Å². The molecule has 1 fully saturated rings. The molecule has 8 nitrogen and oxygen atoms in total. The number of fused-ring (bicyclic) bond motifs is 1. The molecule has 2 aliphatic rings. The summed E-state index contributed by atoms with van der Waals surface area (Å²) in [6, 6.07) is 11.8. The molecular weight excluding hydrogens is 462 g/mol. The molecule has 1 saturated heterocycles. The van der Waals surface area contributed by atoms with E-state index in [0.29, 0.717) is 42.6 Å². The average Bonchev–Trinajstić information content (AvgIpc) is 3.30. The molecule has 2 aromatic rings. The molecule has 0 bridgehead atoms. The number of rotatable bonds is 7. The molecular formula is C23H27N3O5S2. The summed E-state index contributed by atoms with van der Waals surface area (Å²) in [5.41, 5.74) is 1.05. The summed E-state index contributed by atoms with van der Waals surface area (Å²) < 4.78 is 33.0. The van der Waals surface area contributed by atoms with Crippen molar-refractivity contribution in [3.8, 4) is 5.75 Å². The highest BCUT2D eigenvalue weighted by Gasteiger charge is 2.30. The summed E-state index contributed by atoms with van der Waals surface area (Å²) in [5, 5.41) is 2.80. The highest BCUT2D eigenvalue weighted by molar-refractivity contribution is 7.99. The number of sulfonamides is 1. The van der Waals surface area contributed by atoms with Crippen LogP contribution >= 0.6 is 11.8 Å². The van der Waals surface area contributed by atoms with Crippen molar-refractivity contribution in [2.45, 2.75) is 36.0 Å². The number of anilines is 2. The zero-order chi connectivity index (χ0) is 23.4. The van der Waals surface area contributed by atoms with Gasteiger partial charge in [-0.2, -0.15) is 4.31 Å². The molecule has 0 radical (unpaired) electrons. The third kappa shape index (κ3) is 5.34. The summed E-state index contributed by atoms with van der Waals surface area (Å²) in [7, 11) is -3.64. The Hall–Kier alpha value is -2.56. The molecule has 176 valence electrons. The second kappa shape index (κ2) is 10.1. The van der Waals surface area contributed by atoms with Crippen molar-refractivity contribution in [1.29, 1.82) is 0 Å². The number of thioether (sulfide) groups is 1. The van der Waals surface area contributed by atoms with Gasteiger partial charge in [-0.05, 0) is 62.2 Å². The van der Waals surface area contributed by atoms with Gasteiger partial charge >= 0.3 is 0 Å². The highest BCUT2D eigenvalue weighted by atomic mass is 32.2. The van der Waals surface area contributed by atoms with Crippen LogP contribution in [-0.2, 0) is 19.6 Å². The smallest absolute Gasteiger partial charge is 0.244 e. The fraction of sp³-hybridized carbons (Fsp3) is 0.391. The Kier molecular flexibility index (Phi) is 7.26. The van der Waals surface area contributed by atoms with Gasteiger partial charge in [0.05, 0.1) is 17.2 Å². The topological polar surface area (TPSA) is 96.0 Å². The van der Waals surface area contributed by atoms with Gasteiger partial charge in [0.2, 0.25) is 21.8 Å². The third-order valence-corrected chi connectivity index (χ3v) is 8.51. The molecule has 0 atom stereocenters. The van der Waals surface area contributed by atoms with Gasteiger partial charge in [-0.1, -0.05) is 0 Å². The molecule has 2 aliphatic heterocycles. The van der Waals surface area contributed by atoms with Gasteiger partial charge in [-0.25, -0.2) is 8.42 Å². The van der Waals surface area contributed by atoms with Crippen molar-refractivity contribution in [3.63, 3.8) is 0 Å². The van der Waals surface area contributed by atoms with Crippen LogP contribution in [-0.4, -0.2) is 56.5 Å². The van der Waals surface area contributed by atoms with Crippen LogP contribution in [0.25, 0.3) is 0 Å². The lowest BCUT2D eigenvalue weighted by atomic mass is 10.2. The molecule has 4 rings (SSSR count). The van der Waals surface area contributed by atoms with Crippen LogP contribution in [0.2, 0.25) is 0 Å². The number of ether oxygens (including phenoxy) is 1. The molecule has 2 aromatic carbocycles. The van der Waals surface area contributed by atoms with Gasteiger partial charge in [-0.15, -0.1) is 11.8 Å². The molecule has 0 aliphatic carbocycles. The molecule has 2 heterocycles. The maximum absolute atomic E-state index is 13.1. The number of carbonyl (C=O) groups is 2. The number of nitrogens with one attached hydrogen (secondary N) is 1. The third-order valence-electron chi connectivity index (χ3n) is 5.55. The van der Waals surface area contributed by atoms with Crippen LogP contribution in [0.3, 0.4) is 0 Å². The maximum atomic E-state index is 13.1. The Morgan fingerprint density at radius 1 is 1.12 bits per heavy atom. The van der Waals surface area contributed by atoms with Crippen molar-refractivity contribution < 1.29 is 22.7 Å². The zero-order valence-electron chi connectivity index (χ0n) is 18.5. The summed E-state index contributed by atoms with van der Waals surface area (Å²) in [5.74, 6) is 0.703. The van der Waals surface area contributed by atoms with Crippen molar-refractivity contribution in [2.24, 2.45) is 0 Å². The van der Waals surface area contributed by atoms with Gasteiger partial charge in [-0.3, -0.25) is 9.59 Å². The van der Waals surface area contributed by atoms with E-state index in [1.165, 1.54) is 27.0 Å². The summed E-state index contributed by atoms with van der Waals surface area (Å²) in [6.45, 7) is 3.25. The fourth-order valence-corrected chi connectivity index (χ4v) is 6.42. The number of hydrogen-bond acceptors (Lipinski definition) is 6. The highest BCUT2D eigenvalue weighted by Crippen LogP contribution is 2.37. The molecule has 0 saturated carbocycles. The van der Waals surface area contributed by atoms with Crippen LogP contribution < -0.4 is 15.0 Å². The Bertz CT molecular complexity index is 1130. The largest absolute Gasteiger partial charge is 0.494 e. The second-order valence-electron chi connectivity index (χ2n) is 7.82. The lowest BCUT2D eigenvalue weighted by Gasteiger charge is -2.24. The van der Waals surface area contributed by atoms with Gasteiger partial charge in [0.1, 0.15) is 12.3 Å². The molecule has 10 heteroatoms. The Morgan fingerprint density at radius 3 is 2.55 bits per heavy atom. The normalized spacial score (nSPS) is 16.9. The lowest BCUT2D eigenvalue weighted by Crippen LogP contribution is -2.38. The molecule has 0 spiro atoms. The van der Waals surface area contributed by atoms with Crippen LogP contribution in [0.1, 0.15) is 26.2 Å². The SMILES string of the molecule is CCOc1ccc(NC(=O)CN2C(=O)CCSc3ccc(S(=O)(=O)N4CCCC4)cc32)cc1. The van der Waals surface area contributed by atoms with Crippen molar-refractivity contribution >= 4 is 45.0 Å². The molecule has 0 aromatic heterocycles. The first-order chi connectivity index (χ1) is 15.9. The van der Waals surface area contributed by atoms with Crippen LogP contribution in [0.15, 0.2) is 52.3 Å². The summed E-state index contributed by atoms with van der Waals surface area (Å²) >= 11 is 1.49. The average molecular weight is 490 g/mol. The van der Waals surface area contributed by atoms with Gasteiger partial charge in [0.15, 0.2) is 0 Å². The Morgan fingerprint density at radius 2 is 1.85 bits per heavy atom. The van der Waals surface area contributed by atoms with Gasteiger partial charge in [0, 0.05) is 35.8 Å². The predicted molar refractivity (Wildman–Crippen MR) is 128 cm³/mol. The first-order valence-electron chi connectivity index (χ1n) is 11.0. The lowest BCUT2D eigenvalue weighted by molar-refractivity contribution is -0.121. The zero-order valence-corrected chi connectivity index (χ0v) is 20.1. The summed E-state index contributed by atoms with van der Waals surface area (Å²) in [4.78, 5) is 28.0. The fourth-order valence-electron chi connectivity index (χ4n) is 3.90. The number of benzene rings is 2. The second-order valence-corrected chi connectivity index (χ2v) is 10.9. The molecule has 0 unspecified atom stereocenters. The van der Waals surface area contributed by atoms with Crippen molar-refractivity contribution in [1.82, 2.24) is 4.31 Å². The minimum absolute atomic E-state index is 0.148. The van der Waals surface area contributed by atoms with E-state index in [9.17, 15) is 18.0 Å². The molecule has 2 amide bonds. The molecule has 1 N–H and O–H groups in total. The van der Waals surface area contributed by atoms with Crippen molar-refractivity contribution in [3.05, 3.63) is 42.5 Å². The first-order valence-corrected chi connectivity index (χ1v) is 13.4. The number of hydrogen-bond donors (Lipinski definition) is 1. The Labute approximate surface area is 198 Å².